The van der Waals surface area contributed by atoms with Crippen molar-refractivity contribution in [2.45, 2.75) is 44.5 Å². The maximum absolute atomic E-state index is 14.1. The van der Waals surface area contributed by atoms with Gasteiger partial charge in [-0.3, -0.25) is 9.78 Å². The second-order valence-electron chi connectivity index (χ2n) is 6.07. The Morgan fingerprint density at radius 2 is 2.41 bits per heavy atom. The summed E-state index contributed by atoms with van der Waals surface area (Å²) in [5, 5.41) is 12.9. The minimum Gasteiger partial charge on any atom is -0.387 e. The number of nitrogens with two attached hydrogens (primary N) is 1. The molecule has 0 saturated carbocycles. The van der Waals surface area contributed by atoms with E-state index in [1.165, 1.54) is 20.0 Å². The van der Waals surface area contributed by atoms with Crippen molar-refractivity contribution in [2.75, 3.05) is 18.5 Å². The van der Waals surface area contributed by atoms with Crippen LogP contribution in [0.25, 0.3) is 0 Å². The highest BCUT2D eigenvalue weighted by molar-refractivity contribution is 5.99. The number of rotatable bonds is 6. The molecule has 4 N–H and O–H groups in total. The van der Waals surface area contributed by atoms with E-state index in [4.69, 9.17) is 10.5 Å². The van der Waals surface area contributed by atoms with Gasteiger partial charge in [0.1, 0.15) is 6.17 Å². The number of aromatic nitrogens is 1. The van der Waals surface area contributed by atoms with Gasteiger partial charge in [0.2, 0.25) is 0 Å². The van der Waals surface area contributed by atoms with Crippen LogP contribution in [0.5, 0.6) is 0 Å². The summed E-state index contributed by atoms with van der Waals surface area (Å²) in [7, 11) is 0. The summed E-state index contributed by atoms with van der Waals surface area (Å²) in [6, 6.07) is 1.72. The molecule has 0 aromatic carbocycles. The molecular formula is C15H22FN3O3. The summed E-state index contributed by atoms with van der Waals surface area (Å²) in [6.07, 6.45) is 0.587. The molecular weight excluding hydrogens is 289 g/mol. The topological polar surface area (TPSA) is 97.5 Å². The van der Waals surface area contributed by atoms with Crippen molar-refractivity contribution < 1.29 is 19.0 Å². The maximum atomic E-state index is 14.1. The summed E-state index contributed by atoms with van der Waals surface area (Å²) in [5.74, 6) is -0.674. The fraction of sp³-hybridized carbons (Fsp3) is 0.600. The summed E-state index contributed by atoms with van der Waals surface area (Å²) < 4.78 is 19.4. The molecule has 1 aromatic rings. The van der Waals surface area contributed by atoms with Crippen molar-refractivity contribution in [3.05, 3.63) is 23.5 Å². The van der Waals surface area contributed by atoms with Crippen molar-refractivity contribution in [3.63, 3.8) is 0 Å². The van der Waals surface area contributed by atoms with E-state index in [2.05, 4.69) is 10.3 Å². The van der Waals surface area contributed by atoms with Crippen LogP contribution in [0.4, 0.5) is 10.1 Å². The second kappa shape index (κ2) is 6.58. The van der Waals surface area contributed by atoms with E-state index in [9.17, 15) is 14.3 Å². The lowest BCUT2D eigenvalue weighted by Gasteiger charge is -2.23. The van der Waals surface area contributed by atoms with Gasteiger partial charge in [-0.15, -0.1) is 0 Å². The number of halogens is 1. The molecule has 122 valence electrons. The first-order valence-electron chi connectivity index (χ1n) is 7.27. The Balaban J connectivity index is 2.27. The van der Waals surface area contributed by atoms with Gasteiger partial charge in [0.15, 0.2) is 0 Å². The Kier molecular flexibility index (Phi) is 4.97. The molecule has 1 aliphatic heterocycles. The molecule has 6 nitrogen and oxygen atoms in total. The first-order valence-corrected chi connectivity index (χ1v) is 7.27. The number of nitrogens with one attached hydrogen (secondary N) is 1. The molecule has 1 fully saturated rings. The lowest BCUT2D eigenvalue weighted by atomic mass is 9.96. The van der Waals surface area contributed by atoms with E-state index < -0.39 is 17.7 Å². The van der Waals surface area contributed by atoms with Gasteiger partial charge in [-0.25, -0.2) is 4.39 Å². The third-order valence-electron chi connectivity index (χ3n) is 3.70. The first-order chi connectivity index (χ1) is 10.3. The van der Waals surface area contributed by atoms with Gasteiger partial charge >= 0.3 is 0 Å². The third-order valence-corrected chi connectivity index (χ3v) is 3.70. The molecule has 0 spiro atoms. The average Bonchev–Trinajstić information content (AvgIpc) is 2.90. The smallest absolute Gasteiger partial charge is 0.252 e. The highest BCUT2D eigenvalue weighted by Crippen LogP contribution is 2.24. The molecule has 1 saturated heterocycles. The highest BCUT2D eigenvalue weighted by atomic mass is 19.1. The van der Waals surface area contributed by atoms with E-state index in [1.54, 1.807) is 6.07 Å². The van der Waals surface area contributed by atoms with Crippen LogP contribution < -0.4 is 11.1 Å². The summed E-state index contributed by atoms with van der Waals surface area (Å²) in [6.45, 7) is 3.96. The van der Waals surface area contributed by atoms with E-state index in [1.807, 2.05) is 0 Å². The van der Waals surface area contributed by atoms with Crippen LogP contribution in [-0.4, -0.2) is 47.0 Å². The molecule has 2 rings (SSSR count). The Bertz CT molecular complexity index is 539. The first kappa shape index (κ1) is 16.6. The molecule has 1 unspecified atom stereocenters. The standard InChI is InChI=1S/C15H22FN3O3/c1-15(2,21)12(16)7-11-13(14(17)20)10(3-5-18-11)19-9-4-6-22-8-9/h3,5,9,12,21H,4,6-8H2,1-2H3,(H2,17,20)(H,18,19)/t9?,12-/m1/s1. The number of hydrogen-bond donors (Lipinski definition) is 3. The molecule has 1 aromatic heterocycles. The number of alkyl halides is 1. The number of carbonyl (C=O) groups excluding carboxylic acids is 1. The number of amides is 1. The number of carbonyl (C=O) groups is 1. The van der Waals surface area contributed by atoms with Crippen LogP contribution >= 0.6 is 0 Å². The number of hydrogen-bond acceptors (Lipinski definition) is 5. The van der Waals surface area contributed by atoms with Crippen molar-refractivity contribution in [1.29, 1.82) is 0 Å². The lowest BCUT2D eigenvalue weighted by molar-refractivity contribution is -0.00307. The van der Waals surface area contributed by atoms with Crippen LogP contribution in [0.1, 0.15) is 36.3 Å². The zero-order valence-electron chi connectivity index (χ0n) is 12.8. The van der Waals surface area contributed by atoms with Crippen LogP contribution in [0, 0.1) is 0 Å². The highest BCUT2D eigenvalue weighted by Gasteiger charge is 2.29. The van der Waals surface area contributed by atoms with Gasteiger partial charge in [-0.05, 0) is 26.3 Å². The molecule has 0 radical (unpaired) electrons. The average molecular weight is 311 g/mol. The molecule has 1 amide bonds. The summed E-state index contributed by atoms with van der Waals surface area (Å²) in [4.78, 5) is 15.8. The van der Waals surface area contributed by atoms with Gasteiger partial charge in [0.05, 0.1) is 35.2 Å². The minimum atomic E-state index is -1.55. The predicted molar refractivity (Wildman–Crippen MR) is 80.5 cm³/mol. The van der Waals surface area contributed by atoms with E-state index in [-0.39, 0.29) is 23.7 Å². The van der Waals surface area contributed by atoms with E-state index >= 15 is 0 Å². The monoisotopic (exact) mass is 311 g/mol. The predicted octanol–water partition coefficient (Wildman–Crippen LogP) is 1.03. The molecule has 0 bridgehead atoms. The van der Waals surface area contributed by atoms with Crippen molar-refractivity contribution in [1.82, 2.24) is 4.98 Å². The largest absolute Gasteiger partial charge is 0.387 e. The summed E-state index contributed by atoms with van der Waals surface area (Å²) >= 11 is 0. The third kappa shape index (κ3) is 3.92. The fourth-order valence-electron chi connectivity index (χ4n) is 2.34. The van der Waals surface area contributed by atoms with Crippen LogP contribution in [0.2, 0.25) is 0 Å². The van der Waals surface area contributed by atoms with Crippen molar-refractivity contribution in [2.24, 2.45) is 5.73 Å². The van der Waals surface area contributed by atoms with Gasteiger partial charge < -0.3 is 20.9 Å². The number of primary amides is 1. The number of aliphatic hydroxyl groups is 1. The Morgan fingerprint density at radius 3 is 2.95 bits per heavy atom. The van der Waals surface area contributed by atoms with Gasteiger partial charge in [0.25, 0.3) is 5.91 Å². The lowest BCUT2D eigenvalue weighted by Crippen LogP contribution is -2.35. The molecule has 0 aliphatic carbocycles. The SMILES string of the molecule is CC(C)(O)[C@H](F)Cc1nccc(NC2CCOC2)c1C(N)=O. The van der Waals surface area contributed by atoms with E-state index in [0.29, 0.717) is 18.9 Å². The molecule has 22 heavy (non-hydrogen) atoms. The Labute approximate surface area is 128 Å². The number of pyridine rings is 1. The molecule has 1 aliphatic rings. The molecule has 7 heteroatoms. The van der Waals surface area contributed by atoms with Crippen molar-refractivity contribution in [3.8, 4) is 0 Å². The number of ether oxygens (including phenoxy) is 1. The van der Waals surface area contributed by atoms with Gasteiger partial charge in [-0.2, -0.15) is 0 Å². The van der Waals surface area contributed by atoms with Crippen molar-refractivity contribution >= 4 is 11.6 Å². The summed E-state index contributed by atoms with van der Waals surface area (Å²) in [5.41, 5.74) is 4.86. The van der Waals surface area contributed by atoms with Gasteiger partial charge in [0, 0.05) is 19.2 Å². The molecule has 2 heterocycles. The maximum Gasteiger partial charge on any atom is 0.252 e. The zero-order valence-corrected chi connectivity index (χ0v) is 12.8. The normalized spacial score (nSPS) is 19.9. The minimum absolute atomic E-state index is 0.0869. The van der Waals surface area contributed by atoms with Gasteiger partial charge in [-0.1, -0.05) is 0 Å². The zero-order chi connectivity index (χ0) is 16.3. The van der Waals surface area contributed by atoms with Crippen LogP contribution in [0.3, 0.4) is 0 Å². The Hall–Kier alpha value is -1.73. The second-order valence-corrected chi connectivity index (χ2v) is 6.07. The van der Waals surface area contributed by atoms with Crippen LogP contribution in [0.15, 0.2) is 12.3 Å². The van der Waals surface area contributed by atoms with E-state index in [0.717, 1.165) is 6.42 Å². The van der Waals surface area contributed by atoms with Crippen LogP contribution in [-0.2, 0) is 11.2 Å². The Morgan fingerprint density at radius 1 is 1.68 bits per heavy atom. The quantitative estimate of drug-likeness (QED) is 0.729. The number of anilines is 1. The number of nitrogens with zero attached hydrogens (tertiary/aromatic N) is 1. The fourth-order valence-corrected chi connectivity index (χ4v) is 2.34. The molecule has 2 atom stereocenters.